The molecule has 0 aromatic heterocycles. The first-order chi connectivity index (χ1) is 10.4. The number of unbranched alkanes of at least 4 members (excludes halogenated alkanes) is 1. The lowest BCUT2D eigenvalue weighted by Gasteiger charge is -2.14. The smallest absolute Gasteiger partial charge is 0.370 e. The molecule has 7 heteroatoms. The van der Waals surface area contributed by atoms with Crippen molar-refractivity contribution in [3.63, 3.8) is 0 Å². The Labute approximate surface area is 153 Å². The van der Waals surface area contributed by atoms with Crippen molar-refractivity contribution in [3.05, 3.63) is 29.3 Å². The maximum Gasteiger partial charge on any atom is 0.389 e. The molecule has 0 aliphatic heterocycles. The normalized spacial score (nSPS) is 12.0. The van der Waals surface area contributed by atoms with Crippen molar-refractivity contribution in [1.29, 1.82) is 0 Å². The van der Waals surface area contributed by atoms with Crippen LogP contribution in [-0.4, -0.2) is 18.7 Å². The Morgan fingerprint density at radius 3 is 2.17 bits per heavy atom. The molecule has 0 amide bonds. The van der Waals surface area contributed by atoms with Crippen LogP contribution in [0.25, 0.3) is 0 Å². The highest BCUT2D eigenvalue weighted by Gasteiger charge is 2.25. The van der Waals surface area contributed by atoms with Gasteiger partial charge < -0.3 is 11.1 Å². The third-order valence-corrected chi connectivity index (χ3v) is 3.40. The van der Waals surface area contributed by atoms with E-state index in [2.05, 4.69) is 24.2 Å². The molecule has 3 N–H and O–H groups in total. The lowest BCUT2D eigenvalue weighted by atomic mass is 10.0. The molecule has 0 saturated heterocycles. The summed E-state index contributed by atoms with van der Waals surface area (Å²) in [6.07, 6.45) is -2.67. The summed E-state index contributed by atoms with van der Waals surface area (Å²) in [4.78, 5) is 4.11. The largest absolute Gasteiger partial charge is 0.389 e. The van der Waals surface area contributed by atoms with Crippen molar-refractivity contribution in [3.8, 4) is 0 Å². The summed E-state index contributed by atoms with van der Waals surface area (Å²) in [5.74, 6) is 0.252. The molecule has 1 aromatic carbocycles. The molecular formula is C16H25F3IN3. The number of anilines is 1. The van der Waals surface area contributed by atoms with E-state index in [4.69, 9.17) is 5.73 Å². The fourth-order valence-electron chi connectivity index (χ4n) is 2.21. The Morgan fingerprint density at radius 2 is 1.70 bits per heavy atom. The molecule has 0 aliphatic rings. The Bertz CT molecular complexity index is 480. The highest BCUT2D eigenvalue weighted by Crippen LogP contribution is 2.23. The van der Waals surface area contributed by atoms with Crippen LogP contribution >= 0.6 is 24.0 Å². The summed E-state index contributed by atoms with van der Waals surface area (Å²) in [5, 5.41) is 3.09. The highest BCUT2D eigenvalue weighted by atomic mass is 127. The van der Waals surface area contributed by atoms with Gasteiger partial charge in [0.2, 0.25) is 0 Å². The highest BCUT2D eigenvalue weighted by molar-refractivity contribution is 14.0. The van der Waals surface area contributed by atoms with Crippen molar-refractivity contribution in [2.75, 3.05) is 11.9 Å². The van der Waals surface area contributed by atoms with Crippen LogP contribution in [0.3, 0.4) is 0 Å². The number of aliphatic imine (C=N–C) groups is 1. The molecule has 0 saturated carbocycles. The Kier molecular flexibility index (Phi) is 10.3. The standard InChI is InChI=1S/C16H24F3N3.HI/c1-3-12-8-7-9-13(4-2)14(12)22-15(20)21-11-6-5-10-16(17,18)19;/h7-9H,3-6,10-11H2,1-2H3,(H3,20,21,22);1H. The Hall–Kier alpha value is -0.990. The Balaban J connectivity index is 0.00000484. The van der Waals surface area contributed by atoms with E-state index in [0.29, 0.717) is 13.0 Å². The van der Waals surface area contributed by atoms with Gasteiger partial charge in [-0.15, -0.1) is 24.0 Å². The van der Waals surface area contributed by atoms with Crippen LogP contribution in [-0.2, 0) is 12.8 Å². The first kappa shape index (κ1) is 22.0. The van der Waals surface area contributed by atoms with E-state index in [1.54, 1.807) is 0 Å². The van der Waals surface area contributed by atoms with Gasteiger partial charge in [-0.2, -0.15) is 13.2 Å². The predicted molar refractivity (Wildman–Crippen MR) is 101 cm³/mol. The third kappa shape index (κ3) is 8.43. The molecule has 1 aromatic rings. The third-order valence-electron chi connectivity index (χ3n) is 3.40. The van der Waals surface area contributed by atoms with Crippen LogP contribution in [0.15, 0.2) is 23.2 Å². The van der Waals surface area contributed by atoms with Gasteiger partial charge in [0.15, 0.2) is 5.96 Å². The van der Waals surface area contributed by atoms with Crippen molar-refractivity contribution < 1.29 is 13.2 Å². The molecule has 0 spiro atoms. The van der Waals surface area contributed by atoms with Gasteiger partial charge in [-0.1, -0.05) is 32.0 Å². The Morgan fingerprint density at radius 1 is 1.13 bits per heavy atom. The molecule has 0 heterocycles. The van der Waals surface area contributed by atoms with Gasteiger partial charge >= 0.3 is 6.18 Å². The summed E-state index contributed by atoms with van der Waals surface area (Å²) < 4.78 is 36.1. The van der Waals surface area contributed by atoms with Crippen LogP contribution in [0.2, 0.25) is 0 Å². The van der Waals surface area contributed by atoms with E-state index < -0.39 is 12.6 Å². The van der Waals surface area contributed by atoms with E-state index in [0.717, 1.165) is 29.7 Å². The van der Waals surface area contributed by atoms with Gasteiger partial charge in [0.25, 0.3) is 0 Å². The van der Waals surface area contributed by atoms with Crippen LogP contribution in [0.1, 0.15) is 44.2 Å². The average Bonchev–Trinajstić information content (AvgIpc) is 2.45. The van der Waals surface area contributed by atoms with E-state index in [9.17, 15) is 13.2 Å². The zero-order chi connectivity index (χ0) is 16.6. The maximum absolute atomic E-state index is 12.0. The zero-order valence-corrected chi connectivity index (χ0v) is 15.9. The number of alkyl halides is 3. The number of rotatable bonds is 7. The SMILES string of the molecule is CCc1cccc(CC)c1NC(N)=NCCCCC(F)(F)F.I. The van der Waals surface area contributed by atoms with E-state index in [-0.39, 0.29) is 36.4 Å². The molecular weight excluding hydrogens is 418 g/mol. The van der Waals surface area contributed by atoms with Gasteiger partial charge in [0.1, 0.15) is 0 Å². The average molecular weight is 443 g/mol. The second kappa shape index (κ2) is 10.7. The lowest BCUT2D eigenvalue weighted by Crippen LogP contribution is -2.24. The minimum atomic E-state index is -4.09. The number of benzene rings is 1. The van der Waals surface area contributed by atoms with Gasteiger partial charge in [0, 0.05) is 18.7 Å². The molecule has 0 radical (unpaired) electrons. The molecule has 23 heavy (non-hydrogen) atoms. The molecule has 0 aliphatic carbocycles. The van der Waals surface area contributed by atoms with E-state index in [1.807, 2.05) is 18.2 Å². The number of nitrogens with two attached hydrogens (primary N) is 1. The minimum Gasteiger partial charge on any atom is -0.370 e. The summed E-state index contributed by atoms with van der Waals surface area (Å²) in [6, 6.07) is 6.06. The number of halogens is 4. The first-order valence-corrected chi connectivity index (χ1v) is 7.61. The molecule has 0 bridgehead atoms. The number of guanidine groups is 1. The summed E-state index contributed by atoms with van der Waals surface area (Å²) in [7, 11) is 0. The number of hydrogen-bond acceptors (Lipinski definition) is 1. The lowest BCUT2D eigenvalue weighted by molar-refractivity contribution is -0.135. The fourth-order valence-corrected chi connectivity index (χ4v) is 2.21. The number of hydrogen-bond donors (Lipinski definition) is 2. The van der Waals surface area contributed by atoms with Gasteiger partial charge in [-0.3, -0.25) is 4.99 Å². The van der Waals surface area contributed by atoms with Gasteiger partial charge in [-0.05, 0) is 36.8 Å². The van der Waals surface area contributed by atoms with Crippen LogP contribution < -0.4 is 11.1 Å². The number of nitrogens with one attached hydrogen (secondary N) is 1. The van der Waals surface area contributed by atoms with Crippen LogP contribution in [0, 0.1) is 0 Å². The van der Waals surface area contributed by atoms with Crippen LogP contribution in [0.4, 0.5) is 18.9 Å². The first-order valence-electron chi connectivity index (χ1n) is 7.61. The van der Waals surface area contributed by atoms with E-state index in [1.165, 1.54) is 0 Å². The van der Waals surface area contributed by atoms with Crippen molar-refractivity contribution in [2.24, 2.45) is 10.7 Å². The summed E-state index contributed by atoms with van der Waals surface area (Å²) >= 11 is 0. The molecule has 132 valence electrons. The van der Waals surface area contributed by atoms with Crippen LogP contribution in [0.5, 0.6) is 0 Å². The zero-order valence-electron chi connectivity index (χ0n) is 13.5. The molecule has 3 nitrogen and oxygen atoms in total. The molecule has 0 fully saturated rings. The van der Waals surface area contributed by atoms with Crippen molar-refractivity contribution >= 4 is 35.6 Å². The molecule has 1 rings (SSSR count). The second-order valence-corrected chi connectivity index (χ2v) is 5.12. The van der Waals surface area contributed by atoms with E-state index >= 15 is 0 Å². The maximum atomic E-state index is 12.0. The number of para-hydroxylation sites is 1. The second-order valence-electron chi connectivity index (χ2n) is 5.12. The summed E-state index contributed by atoms with van der Waals surface area (Å²) in [6.45, 7) is 4.42. The monoisotopic (exact) mass is 443 g/mol. The van der Waals surface area contributed by atoms with Crippen molar-refractivity contribution in [2.45, 2.75) is 52.1 Å². The quantitative estimate of drug-likeness (QED) is 0.273. The molecule has 0 unspecified atom stereocenters. The topological polar surface area (TPSA) is 50.4 Å². The number of nitrogens with zero attached hydrogens (tertiary/aromatic N) is 1. The van der Waals surface area contributed by atoms with Gasteiger partial charge in [-0.25, -0.2) is 0 Å². The predicted octanol–water partition coefficient (Wildman–Crippen LogP) is 4.89. The number of aryl methyl sites for hydroxylation is 2. The summed E-state index contributed by atoms with van der Waals surface area (Å²) in [5.41, 5.74) is 9.10. The fraction of sp³-hybridized carbons (Fsp3) is 0.562. The molecule has 0 atom stereocenters. The van der Waals surface area contributed by atoms with Crippen molar-refractivity contribution in [1.82, 2.24) is 0 Å². The van der Waals surface area contributed by atoms with Gasteiger partial charge in [0.05, 0.1) is 0 Å². The minimum absolute atomic E-state index is 0.